The van der Waals surface area contributed by atoms with Crippen LogP contribution < -0.4 is 5.73 Å². The van der Waals surface area contributed by atoms with Crippen LogP contribution in [0.1, 0.15) is 29.7 Å². The Hall–Kier alpha value is -1.61. The standard InChI is InChI=1S/C15H19N3/c16-8-7-15-14(10-17-18-15)13-6-5-11-3-1-2-4-12(11)9-13/h5-6,9-10H,1-4,7-8,16H2,(H,17,18). The number of hydrogen-bond donors (Lipinski definition) is 2. The Labute approximate surface area is 107 Å². The van der Waals surface area contributed by atoms with Gasteiger partial charge in [0.15, 0.2) is 0 Å². The summed E-state index contributed by atoms with van der Waals surface area (Å²) in [5, 5.41) is 7.20. The Kier molecular flexibility index (Phi) is 3.15. The second-order valence-electron chi connectivity index (χ2n) is 4.99. The minimum Gasteiger partial charge on any atom is -0.330 e. The molecule has 0 saturated heterocycles. The zero-order valence-corrected chi connectivity index (χ0v) is 10.6. The highest BCUT2D eigenvalue weighted by Gasteiger charge is 2.12. The highest BCUT2D eigenvalue weighted by molar-refractivity contribution is 5.66. The molecule has 0 amide bonds. The zero-order chi connectivity index (χ0) is 12.4. The fraction of sp³-hybridized carbons (Fsp3) is 0.400. The van der Waals surface area contributed by atoms with E-state index in [0.29, 0.717) is 6.54 Å². The molecule has 0 radical (unpaired) electrons. The molecule has 0 atom stereocenters. The van der Waals surface area contributed by atoms with Gasteiger partial charge in [0.1, 0.15) is 0 Å². The summed E-state index contributed by atoms with van der Waals surface area (Å²) in [5.74, 6) is 0. The summed E-state index contributed by atoms with van der Waals surface area (Å²) in [7, 11) is 0. The Morgan fingerprint density at radius 3 is 2.83 bits per heavy atom. The van der Waals surface area contributed by atoms with Gasteiger partial charge in [0.2, 0.25) is 0 Å². The average Bonchev–Trinajstić information content (AvgIpc) is 2.87. The summed E-state index contributed by atoms with van der Waals surface area (Å²) >= 11 is 0. The smallest absolute Gasteiger partial charge is 0.0568 e. The van der Waals surface area contributed by atoms with Crippen LogP contribution in [-0.2, 0) is 19.3 Å². The zero-order valence-electron chi connectivity index (χ0n) is 10.6. The van der Waals surface area contributed by atoms with Gasteiger partial charge in [-0.3, -0.25) is 5.10 Å². The monoisotopic (exact) mass is 241 g/mol. The third kappa shape index (κ3) is 2.06. The largest absolute Gasteiger partial charge is 0.330 e. The molecule has 0 bridgehead atoms. The van der Waals surface area contributed by atoms with E-state index in [4.69, 9.17) is 5.73 Å². The highest BCUT2D eigenvalue weighted by atomic mass is 15.1. The lowest BCUT2D eigenvalue weighted by molar-refractivity contribution is 0.686. The lowest BCUT2D eigenvalue weighted by atomic mass is 9.89. The molecule has 1 aliphatic rings. The molecule has 0 saturated carbocycles. The predicted molar refractivity (Wildman–Crippen MR) is 73.4 cm³/mol. The van der Waals surface area contributed by atoms with Crippen LogP contribution in [0.5, 0.6) is 0 Å². The molecule has 18 heavy (non-hydrogen) atoms. The molecule has 0 unspecified atom stereocenters. The summed E-state index contributed by atoms with van der Waals surface area (Å²) in [4.78, 5) is 0. The van der Waals surface area contributed by atoms with Gasteiger partial charge in [0.05, 0.1) is 6.20 Å². The molecular formula is C15H19N3. The van der Waals surface area contributed by atoms with Gasteiger partial charge < -0.3 is 5.73 Å². The van der Waals surface area contributed by atoms with Gasteiger partial charge in [-0.1, -0.05) is 18.2 Å². The SMILES string of the molecule is NCCc1[nH]ncc1-c1ccc2c(c1)CCCC2. The topological polar surface area (TPSA) is 54.7 Å². The number of nitrogens with two attached hydrogens (primary N) is 1. The van der Waals surface area contributed by atoms with Crippen LogP contribution in [0.15, 0.2) is 24.4 Å². The molecule has 1 aliphatic carbocycles. The molecule has 1 aromatic heterocycles. The molecule has 1 aromatic carbocycles. The van der Waals surface area contributed by atoms with Gasteiger partial charge in [-0.25, -0.2) is 0 Å². The van der Waals surface area contributed by atoms with Gasteiger partial charge in [0.25, 0.3) is 0 Å². The summed E-state index contributed by atoms with van der Waals surface area (Å²) < 4.78 is 0. The number of H-pyrrole nitrogens is 1. The molecular weight excluding hydrogens is 222 g/mol. The third-order valence-corrected chi connectivity index (χ3v) is 3.77. The van der Waals surface area contributed by atoms with Crippen LogP contribution in [0.4, 0.5) is 0 Å². The molecule has 0 spiro atoms. The van der Waals surface area contributed by atoms with Gasteiger partial charge in [0, 0.05) is 17.7 Å². The maximum Gasteiger partial charge on any atom is 0.0568 e. The van der Waals surface area contributed by atoms with Crippen molar-refractivity contribution < 1.29 is 0 Å². The van der Waals surface area contributed by atoms with Crippen molar-refractivity contribution in [2.45, 2.75) is 32.1 Å². The van der Waals surface area contributed by atoms with E-state index in [1.165, 1.54) is 47.9 Å². The first kappa shape index (κ1) is 11.5. The summed E-state index contributed by atoms with van der Waals surface area (Å²) in [5.41, 5.74) is 12.3. The van der Waals surface area contributed by atoms with E-state index in [0.717, 1.165) is 12.1 Å². The van der Waals surface area contributed by atoms with E-state index in [1.54, 1.807) is 0 Å². The van der Waals surface area contributed by atoms with E-state index in [1.807, 2.05) is 6.20 Å². The minimum absolute atomic E-state index is 0.653. The van der Waals surface area contributed by atoms with Gasteiger partial charge >= 0.3 is 0 Å². The first-order chi connectivity index (χ1) is 8.88. The van der Waals surface area contributed by atoms with Crippen LogP contribution in [0.3, 0.4) is 0 Å². The summed E-state index contributed by atoms with van der Waals surface area (Å²) in [6, 6.07) is 6.83. The van der Waals surface area contributed by atoms with Crippen molar-refractivity contribution in [2.75, 3.05) is 6.54 Å². The van der Waals surface area contributed by atoms with Crippen molar-refractivity contribution in [3.63, 3.8) is 0 Å². The Morgan fingerprint density at radius 2 is 2.00 bits per heavy atom. The maximum absolute atomic E-state index is 5.63. The summed E-state index contributed by atoms with van der Waals surface area (Å²) in [6.45, 7) is 0.653. The summed E-state index contributed by atoms with van der Waals surface area (Å²) in [6.07, 6.45) is 7.86. The quantitative estimate of drug-likeness (QED) is 0.867. The van der Waals surface area contributed by atoms with Crippen molar-refractivity contribution in [1.29, 1.82) is 0 Å². The molecule has 0 aliphatic heterocycles. The first-order valence-corrected chi connectivity index (χ1v) is 6.73. The van der Waals surface area contributed by atoms with E-state index in [9.17, 15) is 0 Å². The normalized spacial score (nSPS) is 14.5. The van der Waals surface area contributed by atoms with Crippen molar-refractivity contribution in [3.05, 3.63) is 41.2 Å². The Balaban J connectivity index is 1.98. The fourth-order valence-corrected chi connectivity index (χ4v) is 2.80. The number of aromatic nitrogens is 2. The predicted octanol–water partition coefficient (Wildman–Crippen LogP) is 2.46. The van der Waals surface area contributed by atoms with Gasteiger partial charge in [-0.15, -0.1) is 0 Å². The second-order valence-corrected chi connectivity index (χ2v) is 4.99. The van der Waals surface area contributed by atoms with E-state index in [2.05, 4.69) is 28.4 Å². The van der Waals surface area contributed by atoms with E-state index < -0.39 is 0 Å². The van der Waals surface area contributed by atoms with Crippen LogP contribution in [0.2, 0.25) is 0 Å². The van der Waals surface area contributed by atoms with Crippen molar-refractivity contribution in [1.82, 2.24) is 10.2 Å². The molecule has 3 heteroatoms. The maximum atomic E-state index is 5.63. The molecule has 94 valence electrons. The first-order valence-electron chi connectivity index (χ1n) is 6.73. The number of aryl methyl sites for hydroxylation is 2. The lowest BCUT2D eigenvalue weighted by Gasteiger charge is -2.16. The molecule has 3 nitrogen and oxygen atoms in total. The van der Waals surface area contributed by atoms with Gasteiger partial charge in [-0.2, -0.15) is 5.10 Å². The fourth-order valence-electron chi connectivity index (χ4n) is 2.80. The third-order valence-electron chi connectivity index (χ3n) is 3.77. The van der Waals surface area contributed by atoms with Crippen LogP contribution in [-0.4, -0.2) is 16.7 Å². The van der Waals surface area contributed by atoms with E-state index >= 15 is 0 Å². The lowest BCUT2D eigenvalue weighted by Crippen LogP contribution is -2.05. The average molecular weight is 241 g/mol. The van der Waals surface area contributed by atoms with Crippen LogP contribution in [0.25, 0.3) is 11.1 Å². The van der Waals surface area contributed by atoms with Gasteiger partial charge in [-0.05, 0) is 48.9 Å². The van der Waals surface area contributed by atoms with Crippen molar-refractivity contribution in [2.24, 2.45) is 5.73 Å². The number of fused-ring (bicyclic) bond motifs is 1. The van der Waals surface area contributed by atoms with E-state index in [-0.39, 0.29) is 0 Å². The molecule has 3 N–H and O–H groups in total. The Bertz CT molecular complexity index is 542. The van der Waals surface area contributed by atoms with Crippen LogP contribution in [0, 0.1) is 0 Å². The van der Waals surface area contributed by atoms with Crippen molar-refractivity contribution in [3.8, 4) is 11.1 Å². The number of benzene rings is 1. The number of nitrogens with zero attached hydrogens (tertiary/aromatic N) is 1. The number of rotatable bonds is 3. The number of hydrogen-bond acceptors (Lipinski definition) is 2. The van der Waals surface area contributed by atoms with Crippen LogP contribution >= 0.6 is 0 Å². The molecule has 3 rings (SSSR count). The molecule has 1 heterocycles. The molecule has 2 aromatic rings. The highest BCUT2D eigenvalue weighted by Crippen LogP contribution is 2.28. The molecule has 0 fully saturated rings. The van der Waals surface area contributed by atoms with Crippen molar-refractivity contribution >= 4 is 0 Å². The Morgan fingerprint density at radius 1 is 1.17 bits per heavy atom. The number of aromatic amines is 1. The number of nitrogens with one attached hydrogen (secondary N) is 1. The minimum atomic E-state index is 0.653. The second kappa shape index (κ2) is 4.94.